The lowest BCUT2D eigenvalue weighted by atomic mass is 9.82. The van der Waals surface area contributed by atoms with Gasteiger partial charge in [0.25, 0.3) is 0 Å². The highest BCUT2D eigenvalue weighted by molar-refractivity contribution is 6.32. The molecule has 3 rings (SSSR count). The third-order valence-corrected chi connectivity index (χ3v) is 4.33. The summed E-state index contributed by atoms with van der Waals surface area (Å²) in [6, 6.07) is 11.0. The van der Waals surface area contributed by atoms with Crippen LogP contribution in [0.4, 0.5) is 0 Å². The van der Waals surface area contributed by atoms with Crippen molar-refractivity contribution in [1.29, 1.82) is 0 Å². The number of rotatable bonds is 1. The molecule has 4 nitrogen and oxygen atoms in total. The third-order valence-electron chi connectivity index (χ3n) is 4.33. The number of fused-ring (bicyclic) bond motifs is 1. The van der Waals surface area contributed by atoms with Crippen LogP contribution in [-0.4, -0.2) is 21.8 Å². The van der Waals surface area contributed by atoms with Gasteiger partial charge in [0.15, 0.2) is 0 Å². The lowest BCUT2D eigenvalue weighted by molar-refractivity contribution is 0.0312. The van der Waals surface area contributed by atoms with Crippen LogP contribution in [0.3, 0.4) is 0 Å². The Morgan fingerprint density at radius 3 is 1.87 bits per heavy atom. The van der Waals surface area contributed by atoms with Gasteiger partial charge in [-0.2, -0.15) is 0 Å². The van der Waals surface area contributed by atoms with Gasteiger partial charge in [0.1, 0.15) is 5.75 Å². The molecule has 1 aliphatic rings. The SMILES string of the molecule is CC(C)(C)c1ccc(C2(O)C(=O)c3ccccc3C2=O)c(O)c1. The van der Waals surface area contributed by atoms with Crippen LogP contribution in [0.1, 0.15) is 52.6 Å². The summed E-state index contributed by atoms with van der Waals surface area (Å²) in [7, 11) is 0. The minimum Gasteiger partial charge on any atom is -0.508 e. The van der Waals surface area contributed by atoms with Crippen molar-refractivity contribution in [2.75, 3.05) is 0 Å². The Labute approximate surface area is 134 Å². The van der Waals surface area contributed by atoms with Crippen LogP contribution >= 0.6 is 0 Å². The summed E-state index contributed by atoms with van der Waals surface area (Å²) in [6.07, 6.45) is 0. The van der Waals surface area contributed by atoms with Gasteiger partial charge in [-0.3, -0.25) is 9.59 Å². The Hall–Kier alpha value is -2.46. The van der Waals surface area contributed by atoms with E-state index in [1.54, 1.807) is 18.2 Å². The number of hydrogen-bond acceptors (Lipinski definition) is 4. The average Bonchev–Trinajstić information content (AvgIpc) is 2.69. The second-order valence-corrected chi connectivity index (χ2v) is 6.90. The lowest BCUT2D eigenvalue weighted by Gasteiger charge is -2.24. The first-order valence-corrected chi connectivity index (χ1v) is 7.42. The molecule has 2 aromatic rings. The number of ketones is 2. The van der Waals surface area contributed by atoms with Crippen molar-refractivity contribution < 1.29 is 19.8 Å². The molecule has 1 aliphatic carbocycles. The molecule has 0 heterocycles. The van der Waals surface area contributed by atoms with Gasteiger partial charge in [0.2, 0.25) is 17.2 Å². The van der Waals surface area contributed by atoms with Crippen LogP contribution in [0.25, 0.3) is 0 Å². The second-order valence-electron chi connectivity index (χ2n) is 6.90. The van der Waals surface area contributed by atoms with Gasteiger partial charge in [-0.05, 0) is 17.0 Å². The fourth-order valence-electron chi connectivity index (χ4n) is 2.92. The number of carbonyl (C=O) groups excluding carboxylic acids is 2. The van der Waals surface area contributed by atoms with E-state index in [9.17, 15) is 19.8 Å². The molecule has 0 amide bonds. The molecule has 4 heteroatoms. The van der Waals surface area contributed by atoms with Gasteiger partial charge in [-0.15, -0.1) is 0 Å². The zero-order valence-electron chi connectivity index (χ0n) is 13.3. The fraction of sp³-hybridized carbons (Fsp3) is 0.263. The van der Waals surface area contributed by atoms with E-state index in [0.717, 1.165) is 5.56 Å². The number of carbonyl (C=O) groups is 2. The molecule has 23 heavy (non-hydrogen) atoms. The normalized spacial score (nSPS) is 16.5. The highest BCUT2D eigenvalue weighted by atomic mass is 16.3. The Morgan fingerprint density at radius 1 is 0.913 bits per heavy atom. The molecule has 0 aliphatic heterocycles. The molecule has 0 unspecified atom stereocenters. The molecule has 0 radical (unpaired) electrons. The van der Waals surface area contributed by atoms with E-state index < -0.39 is 17.2 Å². The van der Waals surface area contributed by atoms with Crippen molar-refractivity contribution in [3.63, 3.8) is 0 Å². The molecular formula is C19H18O4. The van der Waals surface area contributed by atoms with Crippen molar-refractivity contribution in [3.8, 4) is 5.75 Å². The fourth-order valence-corrected chi connectivity index (χ4v) is 2.92. The molecule has 0 bridgehead atoms. The average molecular weight is 310 g/mol. The summed E-state index contributed by atoms with van der Waals surface area (Å²) in [5.41, 5.74) is -1.43. The van der Waals surface area contributed by atoms with Crippen LogP contribution in [0.2, 0.25) is 0 Å². The molecule has 2 aromatic carbocycles. The minimum absolute atomic E-state index is 0.0725. The van der Waals surface area contributed by atoms with Gasteiger partial charge >= 0.3 is 0 Å². The van der Waals surface area contributed by atoms with Gasteiger partial charge in [-0.25, -0.2) is 0 Å². The molecule has 0 fully saturated rings. The van der Waals surface area contributed by atoms with E-state index in [2.05, 4.69) is 0 Å². The van der Waals surface area contributed by atoms with Gasteiger partial charge in [-0.1, -0.05) is 57.2 Å². The first-order chi connectivity index (χ1) is 10.7. The molecule has 0 saturated carbocycles. The maximum absolute atomic E-state index is 12.6. The number of Topliss-reactive ketones (excluding diaryl/α,β-unsaturated/α-hetero) is 2. The Bertz CT molecular complexity index is 793. The molecule has 0 atom stereocenters. The number of phenols is 1. The first-order valence-electron chi connectivity index (χ1n) is 7.42. The van der Waals surface area contributed by atoms with Gasteiger partial charge < -0.3 is 10.2 Å². The predicted molar refractivity (Wildman–Crippen MR) is 85.8 cm³/mol. The van der Waals surface area contributed by atoms with Crippen molar-refractivity contribution in [3.05, 3.63) is 64.7 Å². The highest BCUT2D eigenvalue weighted by Crippen LogP contribution is 2.42. The van der Waals surface area contributed by atoms with E-state index in [4.69, 9.17) is 0 Å². The number of benzene rings is 2. The Kier molecular flexibility index (Phi) is 3.20. The van der Waals surface area contributed by atoms with E-state index in [0.29, 0.717) is 0 Å². The number of aliphatic hydroxyl groups is 1. The highest BCUT2D eigenvalue weighted by Gasteiger charge is 2.54. The van der Waals surface area contributed by atoms with Crippen molar-refractivity contribution in [1.82, 2.24) is 0 Å². The maximum Gasteiger partial charge on any atom is 0.220 e. The van der Waals surface area contributed by atoms with Crippen LogP contribution in [0.5, 0.6) is 5.75 Å². The summed E-state index contributed by atoms with van der Waals surface area (Å²) < 4.78 is 0. The molecular weight excluding hydrogens is 292 g/mol. The summed E-state index contributed by atoms with van der Waals surface area (Å²) in [5.74, 6) is -1.65. The summed E-state index contributed by atoms with van der Waals surface area (Å²) in [4.78, 5) is 25.2. The quantitative estimate of drug-likeness (QED) is 0.794. The predicted octanol–water partition coefficient (Wildman–Crippen LogP) is 2.96. The Morgan fingerprint density at radius 2 is 1.43 bits per heavy atom. The number of aromatic hydroxyl groups is 1. The molecule has 0 aromatic heterocycles. The monoisotopic (exact) mass is 310 g/mol. The zero-order valence-corrected chi connectivity index (χ0v) is 13.3. The summed E-state index contributed by atoms with van der Waals surface area (Å²) in [5, 5.41) is 21.2. The molecule has 0 spiro atoms. The van der Waals surface area contributed by atoms with E-state index in [-0.39, 0.29) is 27.9 Å². The van der Waals surface area contributed by atoms with E-state index in [1.807, 2.05) is 20.8 Å². The first kappa shape index (κ1) is 15.4. The summed E-state index contributed by atoms with van der Waals surface area (Å²) in [6.45, 7) is 5.95. The third kappa shape index (κ3) is 2.10. The van der Waals surface area contributed by atoms with Gasteiger partial charge in [0, 0.05) is 16.7 Å². The van der Waals surface area contributed by atoms with Crippen molar-refractivity contribution in [2.24, 2.45) is 0 Å². The molecule has 118 valence electrons. The zero-order chi connectivity index (χ0) is 17.0. The summed E-state index contributed by atoms with van der Waals surface area (Å²) >= 11 is 0. The standard InChI is InChI=1S/C19H18O4/c1-18(2,3)11-8-9-14(15(20)10-11)19(23)16(21)12-6-4-5-7-13(12)17(19)22/h4-10,20,23H,1-3H3. The number of hydrogen-bond donors (Lipinski definition) is 2. The van der Waals surface area contributed by atoms with Gasteiger partial charge in [0.05, 0.1) is 0 Å². The second kappa shape index (κ2) is 4.77. The van der Waals surface area contributed by atoms with Crippen LogP contribution in [0.15, 0.2) is 42.5 Å². The van der Waals surface area contributed by atoms with E-state index >= 15 is 0 Å². The van der Waals surface area contributed by atoms with Crippen LogP contribution < -0.4 is 0 Å². The van der Waals surface area contributed by atoms with Crippen molar-refractivity contribution in [2.45, 2.75) is 31.8 Å². The smallest absolute Gasteiger partial charge is 0.220 e. The Balaban J connectivity index is 2.16. The van der Waals surface area contributed by atoms with Crippen LogP contribution in [0, 0.1) is 0 Å². The largest absolute Gasteiger partial charge is 0.508 e. The minimum atomic E-state index is -2.36. The molecule has 2 N–H and O–H groups in total. The van der Waals surface area contributed by atoms with E-state index in [1.165, 1.54) is 24.3 Å². The number of phenolic OH excluding ortho intramolecular Hbond substituents is 1. The topological polar surface area (TPSA) is 74.6 Å². The lowest BCUT2D eigenvalue weighted by Crippen LogP contribution is -2.38. The van der Waals surface area contributed by atoms with Crippen molar-refractivity contribution >= 4 is 11.6 Å². The maximum atomic E-state index is 12.6. The van der Waals surface area contributed by atoms with Crippen LogP contribution in [-0.2, 0) is 11.0 Å². The molecule has 0 saturated heterocycles.